The van der Waals surface area contributed by atoms with Gasteiger partial charge in [-0.25, -0.2) is 4.39 Å². The van der Waals surface area contributed by atoms with Crippen molar-refractivity contribution in [3.63, 3.8) is 0 Å². The van der Waals surface area contributed by atoms with Crippen LogP contribution in [0.15, 0.2) is 12.1 Å². The average Bonchev–Trinajstić information content (AvgIpc) is 2.70. The third-order valence-corrected chi connectivity index (χ3v) is 3.44. The van der Waals surface area contributed by atoms with Gasteiger partial charge in [0.2, 0.25) is 0 Å². The van der Waals surface area contributed by atoms with Crippen LogP contribution in [0.4, 0.5) is 4.39 Å². The van der Waals surface area contributed by atoms with E-state index in [0.717, 1.165) is 17.7 Å². The molecule has 0 aromatic heterocycles. The van der Waals surface area contributed by atoms with Gasteiger partial charge >= 0.3 is 0 Å². The molecule has 1 aromatic rings. The van der Waals surface area contributed by atoms with Crippen molar-refractivity contribution in [2.75, 3.05) is 6.54 Å². The maximum atomic E-state index is 13.7. The lowest BCUT2D eigenvalue weighted by molar-refractivity contribution is 0.587. The standard InChI is InChI=1S/C14H20FN/c1-9(2)11-8-12(10(3)7-13(11)15)14-5-4-6-16-14/h7-9,14,16H,4-6H2,1-3H3. The highest BCUT2D eigenvalue weighted by atomic mass is 19.1. The van der Waals surface area contributed by atoms with Crippen LogP contribution in [0.25, 0.3) is 0 Å². The van der Waals surface area contributed by atoms with Crippen LogP contribution in [0, 0.1) is 12.7 Å². The zero-order valence-electron chi connectivity index (χ0n) is 10.3. The molecule has 88 valence electrons. The maximum Gasteiger partial charge on any atom is 0.126 e. The highest BCUT2D eigenvalue weighted by Gasteiger charge is 2.20. The van der Waals surface area contributed by atoms with E-state index in [9.17, 15) is 4.39 Å². The molecule has 0 radical (unpaired) electrons. The molecule has 1 aliphatic rings. The molecule has 0 saturated carbocycles. The fourth-order valence-corrected chi connectivity index (χ4v) is 2.47. The van der Waals surface area contributed by atoms with Gasteiger partial charge < -0.3 is 5.32 Å². The summed E-state index contributed by atoms with van der Waals surface area (Å²) in [5.41, 5.74) is 3.19. The predicted molar refractivity (Wildman–Crippen MR) is 65.2 cm³/mol. The van der Waals surface area contributed by atoms with Crippen molar-refractivity contribution in [3.05, 3.63) is 34.6 Å². The molecule has 1 aliphatic heterocycles. The zero-order chi connectivity index (χ0) is 11.7. The first-order valence-corrected chi connectivity index (χ1v) is 6.13. The Morgan fingerprint density at radius 2 is 2.12 bits per heavy atom. The number of rotatable bonds is 2. The summed E-state index contributed by atoms with van der Waals surface area (Å²) in [6.45, 7) is 7.17. The largest absolute Gasteiger partial charge is 0.310 e. The van der Waals surface area contributed by atoms with Gasteiger partial charge in [-0.15, -0.1) is 0 Å². The van der Waals surface area contributed by atoms with E-state index in [0.29, 0.717) is 6.04 Å². The molecule has 0 aliphatic carbocycles. The highest BCUT2D eigenvalue weighted by molar-refractivity contribution is 5.36. The first-order chi connectivity index (χ1) is 7.59. The van der Waals surface area contributed by atoms with Gasteiger partial charge in [0.05, 0.1) is 0 Å². The topological polar surface area (TPSA) is 12.0 Å². The van der Waals surface area contributed by atoms with Gasteiger partial charge in [0.25, 0.3) is 0 Å². The normalized spacial score (nSPS) is 20.7. The lowest BCUT2D eigenvalue weighted by atomic mass is 9.93. The van der Waals surface area contributed by atoms with E-state index < -0.39 is 0 Å². The number of benzene rings is 1. The number of hydrogen-bond donors (Lipinski definition) is 1. The van der Waals surface area contributed by atoms with Crippen molar-refractivity contribution < 1.29 is 4.39 Å². The lowest BCUT2D eigenvalue weighted by Crippen LogP contribution is -2.15. The van der Waals surface area contributed by atoms with E-state index in [1.807, 2.05) is 20.8 Å². The molecule has 1 atom stereocenters. The Morgan fingerprint density at radius 1 is 1.38 bits per heavy atom. The Kier molecular flexibility index (Phi) is 3.29. The number of nitrogens with one attached hydrogen (secondary N) is 1. The van der Waals surface area contributed by atoms with Crippen LogP contribution in [0.2, 0.25) is 0 Å². The van der Waals surface area contributed by atoms with Gasteiger partial charge in [-0.1, -0.05) is 19.9 Å². The molecule has 1 unspecified atom stereocenters. The third kappa shape index (κ3) is 2.12. The van der Waals surface area contributed by atoms with Gasteiger partial charge in [0.15, 0.2) is 0 Å². The monoisotopic (exact) mass is 221 g/mol. The molecule has 1 fully saturated rings. The summed E-state index contributed by atoms with van der Waals surface area (Å²) in [4.78, 5) is 0. The minimum absolute atomic E-state index is 0.0609. The molecule has 0 spiro atoms. The molecule has 0 bridgehead atoms. The summed E-state index contributed by atoms with van der Waals surface area (Å²) in [6, 6.07) is 4.17. The van der Waals surface area contributed by atoms with Crippen molar-refractivity contribution >= 4 is 0 Å². The third-order valence-electron chi connectivity index (χ3n) is 3.44. The fourth-order valence-electron chi connectivity index (χ4n) is 2.47. The van der Waals surface area contributed by atoms with E-state index in [1.165, 1.54) is 18.4 Å². The van der Waals surface area contributed by atoms with Crippen LogP contribution in [-0.2, 0) is 0 Å². The molecule has 2 rings (SSSR count). The first-order valence-electron chi connectivity index (χ1n) is 6.13. The Balaban J connectivity index is 2.40. The molecule has 1 saturated heterocycles. The Bertz CT molecular complexity index is 379. The number of halogens is 1. The van der Waals surface area contributed by atoms with Gasteiger partial charge in [0, 0.05) is 6.04 Å². The van der Waals surface area contributed by atoms with Gasteiger partial charge in [0.1, 0.15) is 5.82 Å². The summed E-state index contributed by atoms with van der Waals surface area (Å²) >= 11 is 0. The predicted octanol–water partition coefficient (Wildman–Crippen LogP) is 3.68. The Hall–Kier alpha value is -0.890. The molecule has 0 amide bonds. The van der Waals surface area contributed by atoms with Gasteiger partial charge in [-0.3, -0.25) is 0 Å². The SMILES string of the molecule is Cc1cc(F)c(C(C)C)cc1C1CCCN1. The molecule has 2 heteroatoms. The van der Waals surface area contributed by atoms with Crippen LogP contribution >= 0.6 is 0 Å². The van der Waals surface area contributed by atoms with Crippen LogP contribution in [0.3, 0.4) is 0 Å². The van der Waals surface area contributed by atoms with E-state index >= 15 is 0 Å². The second-order valence-corrected chi connectivity index (χ2v) is 5.03. The molecular weight excluding hydrogens is 201 g/mol. The maximum absolute atomic E-state index is 13.7. The zero-order valence-corrected chi connectivity index (χ0v) is 10.3. The van der Waals surface area contributed by atoms with Crippen LogP contribution < -0.4 is 5.32 Å². The van der Waals surface area contributed by atoms with Crippen LogP contribution in [0.1, 0.15) is 55.3 Å². The van der Waals surface area contributed by atoms with Crippen molar-refractivity contribution in [2.24, 2.45) is 0 Å². The fraction of sp³-hybridized carbons (Fsp3) is 0.571. The lowest BCUT2D eigenvalue weighted by Gasteiger charge is -2.17. The van der Waals surface area contributed by atoms with Crippen LogP contribution in [-0.4, -0.2) is 6.54 Å². The second-order valence-electron chi connectivity index (χ2n) is 5.03. The van der Waals surface area contributed by atoms with Gasteiger partial charge in [-0.05, 0) is 55.0 Å². The summed E-state index contributed by atoms with van der Waals surface area (Å²) in [6.07, 6.45) is 2.39. The van der Waals surface area contributed by atoms with Crippen molar-refractivity contribution in [2.45, 2.75) is 45.6 Å². The minimum atomic E-state index is -0.0609. The average molecular weight is 221 g/mol. The van der Waals surface area contributed by atoms with E-state index in [1.54, 1.807) is 6.07 Å². The number of aryl methyl sites for hydroxylation is 1. The Morgan fingerprint density at radius 3 is 2.69 bits per heavy atom. The van der Waals surface area contributed by atoms with E-state index in [-0.39, 0.29) is 11.7 Å². The summed E-state index contributed by atoms with van der Waals surface area (Å²) in [5, 5.41) is 3.48. The second kappa shape index (κ2) is 4.54. The van der Waals surface area contributed by atoms with Gasteiger partial charge in [-0.2, -0.15) is 0 Å². The molecular formula is C14H20FN. The molecule has 1 nitrogen and oxygen atoms in total. The highest BCUT2D eigenvalue weighted by Crippen LogP contribution is 2.30. The molecule has 16 heavy (non-hydrogen) atoms. The number of hydrogen-bond acceptors (Lipinski definition) is 1. The van der Waals surface area contributed by atoms with Crippen molar-refractivity contribution in [3.8, 4) is 0 Å². The van der Waals surface area contributed by atoms with E-state index in [2.05, 4.69) is 11.4 Å². The summed E-state index contributed by atoms with van der Waals surface area (Å²) in [7, 11) is 0. The van der Waals surface area contributed by atoms with Crippen LogP contribution in [0.5, 0.6) is 0 Å². The molecule has 1 N–H and O–H groups in total. The smallest absolute Gasteiger partial charge is 0.126 e. The summed E-state index contributed by atoms with van der Waals surface area (Å²) in [5.74, 6) is 0.190. The summed E-state index contributed by atoms with van der Waals surface area (Å²) < 4.78 is 13.7. The molecule has 1 aromatic carbocycles. The Labute approximate surface area is 97.1 Å². The quantitative estimate of drug-likeness (QED) is 0.803. The van der Waals surface area contributed by atoms with E-state index in [4.69, 9.17) is 0 Å². The molecule has 1 heterocycles. The first kappa shape index (κ1) is 11.6. The van der Waals surface area contributed by atoms with Crippen molar-refractivity contribution in [1.29, 1.82) is 0 Å². The minimum Gasteiger partial charge on any atom is -0.310 e. The van der Waals surface area contributed by atoms with Crippen molar-refractivity contribution in [1.82, 2.24) is 5.32 Å².